The molecule has 0 saturated carbocycles. The lowest BCUT2D eigenvalue weighted by atomic mass is 9.93. The zero-order valence-electron chi connectivity index (χ0n) is 14.3. The number of hydrogen-bond donors (Lipinski definition) is 1. The molecule has 0 spiro atoms. The number of carboxylic acids is 1. The number of hydrogen-bond acceptors (Lipinski definition) is 4. The van der Waals surface area contributed by atoms with Crippen molar-refractivity contribution >= 4 is 21.7 Å². The number of amides is 1. The Hall–Kier alpha value is -2.67. The molecule has 3 rings (SSSR count). The van der Waals surface area contributed by atoms with E-state index in [1.807, 2.05) is 24.3 Å². The van der Waals surface area contributed by atoms with Gasteiger partial charge in [0, 0.05) is 18.5 Å². The van der Waals surface area contributed by atoms with E-state index in [2.05, 4.69) is 0 Å². The van der Waals surface area contributed by atoms with Gasteiger partial charge in [-0.05, 0) is 35.4 Å². The number of carbonyl (C=O) groups excluding carboxylic acids is 1. The van der Waals surface area contributed by atoms with Crippen molar-refractivity contribution in [3.05, 3.63) is 65.2 Å². The molecule has 6 nitrogen and oxygen atoms in total. The second-order valence-corrected chi connectivity index (χ2v) is 8.47. The van der Waals surface area contributed by atoms with Crippen LogP contribution in [-0.4, -0.2) is 42.1 Å². The van der Waals surface area contributed by atoms with Gasteiger partial charge in [0.1, 0.15) is 6.04 Å². The van der Waals surface area contributed by atoms with E-state index >= 15 is 0 Å². The normalized spacial score (nSPS) is 16.8. The van der Waals surface area contributed by atoms with Gasteiger partial charge in [0.2, 0.25) is 0 Å². The minimum absolute atomic E-state index is 0.0235. The summed E-state index contributed by atoms with van der Waals surface area (Å²) in [4.78, 5) is 26.0. The summed E-state index contributed by atoms with van der Waals surface area (Å²) in [5.74, 6) is -1.50. The van der Waals surface area contributed by atoms with E-state index in [-0.39, 0.29) is 29.2 Å². The lowest BCUT2D eigenvalue weighted by Crippen LogP contribution is -2.48. The fourth-order valence-corrected chi connectivity index (χ4v) is 3.98. The third-order valence-corrected chi connectivity index (χ3v) is 6.39. The first-order chi connectivity index (χ1) is 12.3. The minimum Gasteiger partial charge on any atom is -0.480 e. The Balaban J connectivity index is 1.92. The van der Waals surface area contributed by atoms with E-state index in [9.17, 15) is 23.1 Å². The van der Waals surface area contributed by atoms with Crippen molar-refractivity contribution in [1.82, 2.24) is 4.90 Å². The summed E-state index contributed by atoms with van der Waals surface area (Å²) in [6.07, 6.45) is 0.250. The number of benzene rings is 2. The highest BCUT2D eigenvalue weighted by molar-refractivity contribution is 7.91. The summed E-state index contributed by atoms with van der Waals surface area (Å²) in [7, 11) is -3.35. The average Bonchev–Trinajstić information content (AvgIpc) is 2.66. The zero-order chi connectivity index (χ0) is 18.9. The van der Waals surface area contributed by atoms with Crippen LogP contribution in [0.15, 0.2) is 53.4 Å². The van der Waals surface area contributed by atoms with Crippen LogP contribution in [0.25, 0.3) is 0 Å². The number of sulfone groups is 1. The number of nitrogens with zero attached hydrogens (tertiary/aromatic N) is 1. The van der Waals surface area contributed by atoms with Gasteiger partial charge in [0.25, 0.3) is 5.91 Å². The third kappa shape index (κ3) is 3.35. The van der Waals surface area contributed by atoms with Gasteiger partial charge in [-0.15, -0.1) is 0 Å². The van der Waals surface area contributed by atoms with Crippen molar-refractivity contribution < 1.29 is 23.1 Å². The summed E-state index contributed by atoms with van der Waals surface area (Å²) in [5, 5.41) is 9.54. The van der Waals surface area contributed by atoms with E-state index in [0.29, 0.717) is 0 Å². The molecule has 26 heavy (non-hydrogen) atoms. The maximum absolute atomic E-state index is 12.9. The van der Waals surface area contributed by atoms with Gasteiger partial charge in [-0.2, -0.15) is 0 Å². The van der Waals surface area contributed by atoms with Crippen molar-refractivity contribution in [2.24, 2.45) is 0 Å². The van der Waals surface area contributed by atoms with E-state index in [1.165, 1.54) is 29.2 Å². The number of fused-ring (bicyclic) bond motifs is 1. The Labute approximate surface area is 152 Å². The van der Waals surface area contributed by atoms with Gasteiger partial charge in [-0.1, -0.05) is 31.2 Å². The molecule has 1 aliphatic rings. The molecular formula is C19H19NO5S. The third-order valence-electron chi connectivity index (χ3n) is 4.63. The summed E-state index contributed by atoms with van der Waals surface area (Å²) in [6, 6.07) is 12.2. The molecule has 1 N–H and O–H groups in total. The van der Waals surface area contributed by atoms with Crippen molar-refractivity contribution in [1.29, 1.82) is 0 Å². The monoisotopic (exact) mass is 373 g/mol. The standard InChI is InChI=1S/C19H19NO5S/c1-2-26(24,25)16-9-7-13(8-10-16)18(21)20-12-15-6-4-3-5-14(15)11-17(20)19(22)23/h3-10,17H,2,11-12H2,1H3,(H,22,23)/t17-/m1/s1. The maximum Gasteiger partial charge on any atom is 0.326 e. The summed E-state index contributed by atoms with van der Waals surface area (Å²) in [6.45, 7) is 1.76. The molecule has 0 unspecified atom stereocenters. The predicted octanol–water partition coefficient (Wildman–Crippen LogP) is 2.13. The first-order valence-corrected chi connectivity index (χ1v) is 9.92. The number of carboxylic acid groups (broad SMARTS) is 1. The zero-order valence-corrected chi connectivity index (χ0v) is 15.1. The molecule has 0 fully saturated rings. The molecule has 1 heterocycles. The predicted molar refractivity (Wildman–Crippen MR) is 95.6 cm³/mol. The molecule has 1 aliphatic heterocycles. The SMILES string of the molecule is CCS(=O)(=O)c1ccc(C(=O)N2Cc3ccccc3C[C@@H]2C(=O)O)cc1. The number of carbonyl (C=O) groups is 2. The first kappa shape index (κ1) is 18.1. The Morgan fingerprint density at radius 3 is 2.27 bits per heavy atom. The largest absolute Gasteiger partial charge is 0.480 e. The van der Waals surface area contributed by atoms with Crippen LogP contribution in [0.3, 0.4) is 0 Å². The van der Waals surface area contributed by atoms with E-state index < -0.39 is 27.8 Å². The fraction of sp³-hybridized carbons (Fsp3) is 0.263. The molecule has 0 aliphatic carbocycles. The molecule has 0 aromatic heterocycles. The smallest absolute Gasteiger partial charge is 0.326 e. The van der Waals surface area contributed by atoms with Gasteiger partial charge in [-0.25, -0.2) is 13.2 Å². The van der Waals surface area contributed by atoms with Crippen molar-refractivity contribution in [2.75, 3.05) is 5.75 Å². The molecule has 2 aromatic carbocycles. The molecule has 7 heteroatoms. The van der Waals surface area contributed by atoms with Crippen LogP contribution in [0.2, 0.25) is 0 Å². The second-order valence-electron chi connectivity index (χ2n) is 6.19. The van der Waals surface area contributed by atoms with Crippen LogP contribution in [0.1, 0.15) is 28.4 Å². The average molecular weight is 373 g/mol. The van der Waals surface area contributed by atoms with Gasteiger partial charge >= 0.3 is 5.97 Å². The van der Waals surface area contributed by atoms with E-state index in [1.54, 1.807) is 6.92 Å². The Morgan fingerprint density at radius 1 is 1.08 bits per heavy atom. The van der Waals surface area contributed by atoms with Crippen LogP contribution >= 0.6 is 0 Å². The Kier molecular flexibility index (Phi) is 4.82. The second kappa shape index (κ2) is 6.92. The Morgan fingerprint density at radius 2 is 1.69 bits per heavy atom. The van der Waals surface area contributed by atoms with Crippen molar-refractivity contribution in [2.45, 2.75) is 30.8 Å². The van der Waals surface area contributed by atoms with Gasteiger partial charge in [0.15, 0.2) is 9.84 Å². The molecule has 2 aromatic rings. The molecule has 136 valence electrons. The molecule has 0 radical (unpaired) electrons. The molecular weight excluding hydrogens is 354 g/mol. The highest BCUT2D eigenvalue weighted by atomic mass is 32.2. The van der Waals surface area contributed by atoms with Crippen LogP contribution in [-0.2, 0) is 27.6 Å². The van der Waals surface area contributed by atoms with Crippen LogP contribution in [0.4, 0.5) is 0 Å². The minimum atomic E-state index is -3.35. The maximum atomic E-state index is 12.9. The van der Waals surface area contributed by atoms with Crippen LogP contribution < -0.4 is 0 Å². The lowest BCUT2D eigenvalue weighted by Gasteiger charge is -2.34. The highest BCUT2D eigenvalue weighted by Crippen LogP contribution is 2.25. The van der Waals surface area contributed by atoms with Gasteiger partial charge in [-0.3, -0.25) is 4.79 Å². The van der Waals surface area contributed by atoms with Crippen LogP contribution in [0, 0.1) is 0 Å². The van der Waals surface area contributed by atoms with Crippen molar-refractivity contribution in [3.8, 4) is 0 Å². The summed E-state index contributed by atoms with van der Waals surface area (Å²) >= 11 is 0. The van der Waals surface area contributed by atoms with E-state index in [4.69, 9.17) is 0 Å². The fourth-order valence-electron chi connectivity index (χ4n) is 3.09. The first-order valence-electron chi connectivity index (χ1n) is 8.27. The molecule has 0 saturated heterocycles. The highest BCUT2D eigenvalue weighted by Gasteiger charge is 2.34. The number of rotatable bonds is 4. The van der Waals surface area contributed by atoms with Crippen molar-refractivity contribution in [3.63, 3.8) is 0 Å². The summed E-state index contributed by atoms with van der Waals surface area (Å²) in [5.41, 5.74) is 2.11. The molecule has 1 amide bonds. The topological polar surface area (TPSA) is 91.8 Å². The molecule has 1 atom stereocenters. The summed E-state index contributed by atoms with van der Waals surface area (Å²) < 4.78 is 23.8. The Bertz CT molecular complexity index is 950. The molecule has 0 bridgehead atoms. The number of aliphatic carboxylic acids is 1. The van der Waals surface area contributed by atoms with Gasteiger partial charge in [0.05, 0.1) is 10.6 Å². The van der Waals surface area contributed by atoms with Gasteiger partial charge < -0.3 is 10.0 Å². The lowest BCUT2D eigenvalue weighted by molar-refractivity contribution is -0.142. The quantitative estimate of drug-likeness (QED) is 0.886. The van der Waals surface area contributed by atoms with E-state index in [0.717, 1.165) is 11.1 Å². The van der Waals surface area contributed by atoms with Crippen LogP contribution in [0.5, 0.6) is 0 Å².